The van der Waals surface area contributed by atoms with Crippen LogP contribution in [0, 0.1) is 11.3 Å². The lowest BCUT2D eigenvalue weighted by atomic mass is 10.1. The van der Waals surface area contributed by atoms with Crippen LogP contribution in [0.4, 0.5) is 5.82 Å². The van der Waals surface area contributed by atoms with Crippen LogP contribution in [0.1, 0.15) is 5.56 Å². The van der Waals surface area contributed by atoms with Crippen LogP contribution in [0.2, 0.25) is 5.02 Å². The fourth-order valence-corrected chi connectivity index (χ4v) is 3.76. The summed E-state index contributed by atoms with van der Waals surface area (Å²) in [5.41, 5.74) is 1.71. The van der Waals surface area contributed by atoms with Crippen LogP contribution in [0.25, 0.3) is 11.3 Å². The molecule has 1 N–H and O–H groups in total. The molecular formula is C18H12ClN5S3. The summed E-state index contributed by atoms with van der Waals surface area (Å²) in [6.45, 7) is 0. The minimum Gasteiger partial charge on any atom is -0.326 e. The van der Waals surface area contributed by atoms with Gasteiger partial charge < -0.3 is 5.32 Å². The molecule has 0 amide bonds. The fourth-order valence-electron chi connectivity index (χ4n) is 2.16. The van der Waals surface area contributed by atoms with Crippen LogP contribution in [0.15, 0.2) is 58.8 Å². The van der Waals surface area contributed by atoms with Crippen LogP contribution < -0.4 is 5.32 Å². The van der Waals surface area contributed by atoms with Crippen LogP contribution >= 0.6 is 47.3 Å². The van der Waals surface area contributed by atoms with Gasteiger partial charge in [0.2, 0.25) is 0 Å². The molecule has 3 rings (SSSR count). The van der Waals surface area contributed by atoms with Crippen molar-refractivity contribution in [3.05, 3.63) is 59.2 Å². The molecule has 0 aliphatic heterocycles. The molecule has 0 spiro atoms. The maximum Gasteiger partial charge on any atom is 0.189 e. The minimum atomic E-state index is 0.366. The van der Waals surface area contributed by atoms with Crippen molar-refractivity contribution in [1.82, 2.24) is 15.0 Å². The van der Waals surface area contributed by atoms with Gasteiger partial charge in [-0.15, -0.1) is 0 Å². The van der Waals surface area contributed by atoms with Gasteiger partial charge in [0.25, 0.3) is 0 Å². The Labute approximate surface area is 175 Å². The molecule has 9 heteroatoms. The van der Waals surface area contributed by atoms with Gasteiger partial charge in [-0.1, -0.05) is 53.8 Å². The van der Waals surface area contributed by atoms with E-state index < -0.39 is 0 Å². The number of thioether (sulfide) groups is 2. The average molecular weight is 430 g/mol. The summed E-state index contributed by atoms with van der Waals surface area (Å²) in [5, 5.41) is 14.4. The smallest absolute Gasteiger partial charge is 0.189 e. The number of nitrogens with one attached hydrogen (secondary N) is 1. The lowest BCUT2D eigenvalue weighted by molar-refractivity contribution is 0.892. The third-order valence-corrected chi connectivity index (χ3v) is 5.28. The molecule has 0 saturated heterocycles. The Morgan fingerprint density at radius 2 is 1.96 bits per heavy atom. The number of nitrogens with zero attached hydrogens (tertiary/aromatic N) is 4. The fraction of sp³-hybridized carbons (Fsp3) is 0.0556. The van der Waals surface area contributed by atoms with E-state index in [0.29, 0.717) is 36.6 Å². The zero-order valence-corrected chi connectivity index (χ0v) is 17.2. The van der Waals surface area contributed by atoms with Gasteiger partial charge in [0, 0.05) is 16.8 Å². The predicted molar refractivity (Wildman–Crippen MR) is 115 cm³/mol. The van der Waals surface area contributed by atoms with Crippen LogP contribution in [-0.2, 0) is 0 Å². The van der Waals surface area contributed by atoms with Crippen molar-refractivity contribution >= 4 is 57.5 Å². The monoisotopic (exact) mass is 429 g/mol. The molecule has 5 nitrogen and oxygen atoms in total. The first-order valence-electron chi connectivity index (χ1n) is 7.62. The van der Waals surface area contributed by atoms with Crippen molar-refractivity contribution in [2.24, 2.45) is 0 Å². The third-order valence-electron chi connectivity index (χ3n) is 3.35. The predicted octanol–water partition coefficient (Wildman–Crippen LogP) is 5.27. The van der Waals surface area contributed by atoms with Gasteiger partial charge >= 0.3 is 0 Å². The molecule has 2 heterocycles. The molecule has 0 saturated carbocycles. The highest BCUT2D eigenvalue weighted by molar-refractivity contribution is 8.23. The molecule has 0 fully saturated rings. The van der Waals surface area contributed by atoms with E-state index in [4.69, 9.17) is 23.8 Å². The summed E-state index contributed by atoms with van der Waals surface area (Å²) in [6, 6.07) is 14.9. The largest absolute Gasteiger partial charge is 0.326 e. The Kier molecular flexibility index (Phi) is 6.63. The molecule has 0 bridgehead atoms. The third kappa shape index (κ3) is 4.96. The van der Waals surface area contributed by atoms with E-state index >= 15 is 0 Å². The first kappa shape index (κ1) is 19.6. The minimum absolute atomic E-state index is 0.366. The van der Waals surface area contributed by atoms with Gasteiger partial charge in [-0.05, 0) is 42.3 Å². The maximum absolute atomic E-state index is 9.73. The Morgan fingerprint density at radius 1 is 1.19 bits per heavy atom. The normalized spacial score (nSPS) is 10.3. The van der Waals surface area contributed by atoms with E-state index in [1.807, 2.05) is 36.6 Å². The molecule has 0 unspecified atom stereocenters. The van der Waals surface area contributed by atoms with Crippen LogP contribution in [0.5, 0.6) is 0 Å². The summed E-state index contributed by atoms with van der Waals surface area (Å²) in [4.78, 5) is 13.2. The van der Waals surface area contributed by atoms with E-state index in [0.717, 1.165) is 5.56 Å². The summed E-state index contributed by atoms with van der Waals surface area (Å²) in [5.74, 6) is 0.630. The van der Waals surface area contributed by atoms with Gasteiger partial charge in [0.05, 0.1) is 5.69 Å². The number of thiocarbonyl (C=S) groups is 1. The zero-order valence-electron chi connectivity index (χ0n) is 14.0. The molecule has 0 radical (unpaired) electrons. The second-order valence-electron chi connectivity index (χ2n) is 5.09. The highest BCUT2D eigenvalue weighted by Gasteiger charge is 2.18. The topological polar surface area (TPSA) is 74.5 Å². The van der Waals surface area contributed by atoms with Gasteiger partial charge in [-0.25, -0.2) is 15.0 Å². The molecule has 0 aliphatic rings. The standard InChI is InChI=1S/C18H12ClN5S3/c1-26-17-23-15(11-5-7-12(19)8-6-11)13(10-20)16(24-17)27-18(25)22-14-4-2-3-9-21-14/h2-9H,1H3,(H,21,22,25). The van der Waals surface area contributed by atoms with E-state index in [1.54, 1.807) is 18.3 Å². The second-order valence-corrected chi connectivity index (χ2v) is 7.96. The Balaban J connectivity index is 1.97. The highest BCUT2D eigenvalue weighted by Crippen LogP contribution is 2.32. The van der Waals surface area contributed by atoms with Gasteiger partial charge in [0.1, 0.15) is 26.8 Å². The van der Waals surface area contributed by atoms with Gasteiger partial charge in [-0.2, -0.15) is 5.26 Å². The lowest BCUT2D eigenvalue weighted by Gasteiger charge is -2.11. The number of aromatic nitrogens is 3. The summed E-state index contributed by atoms with van der Waals surface area (Å²) in [6.07, 6.45) is 3.55. The van der Waals surface area contributed by atoms with Crippen LogP contribution in [-0.4, -0.2) is 25.5 Å². The zero-order chi connectivity index (χ0) is 19.2. The molecule has 2 aromatic heterocycles. The SMILES string of the molecule is CSc1nc(SC(=S)Nc2ccccn2)c(C#N)c(-c2ccc(Cl)cc2)n1. The Morgan fingerprint density at radius 3 is 2.59 bits per heavy atom. The van der Waals surface area contributed by atoms with Crippen molar-refractivity contribution in [2.75, 3.05) is 11.6 Å². The van der Waals surface area contributed by atoms with E-state index in [2.05, 4.69) is 26.3 Å². The molecule has 0 atom stereocenters. The summed E-state index contributed by atoms with van der Waals surface area (Å²) < 4.78 is 0.443. The highest BCUT2D eigenvalue weighted by atomic mass is 35.5. The average Bonchev–Trinajstić information content (AvgIpc) is 2.68. The maximum atomic E-state index is 9.73. The number of hydrogen-bond acceptors (Lipinski definition) is 7. The van der Waals surface area contributed by atoms with Crippen molar-refractivity contribution in [3.8, 4) is 17.3 Å². The van der Waals surface area contributed by atoms with E-state index in [-0.39, 0.29) is 0 Å². The number of rotatable bonds is 4. The second kappa shape index (κ2) is 9.15. The molecular weight excluding hydrogens is 418 g/mol. The van der Waals surface area contributed by atoms with Crippen molar-refractivity contribution < 1.29 is 0 Å². The molecule has 0 aliphatic carbocycles. The molecule has 3 aromatic rings. The molecule has 134 valence electrons. The lowest BCUT2D eigenvalue weighted by Crippen LogP contribution is -2.08. The number of pyridine rings is 1. The van der Waals surface area contributed by atoms with E-state index in [9.17, 15) is 5.26 Å². The molecule has 1 aromatic carbocycles. The van der Waals surface area contributed by atoms with Crippen molar-refractivity contribution in [2.45, 2.75) is 10.2 Å². The quantitative estimate of drug-likeness (QED) is 0.260. The van der Waals surface area contributed by atoms with Gasteiger partial charge in [-0.3, -0.25) is 0 Å². The molecule has 27 heavy (non-hydrogen) atoms. The van der Waals surface area contributed by atoms with E-state index in [1.165, 1.54) is 23.5 Å². The Hall–Kier alpha value is -2.18. The van der Waals surface area contributed by atoms with Gasteiger partial charge in [0.15, 0.2) is 5.16 Å². The number of halogens is 1. The van der Waals surface area contributed by atoms with Crippen molar-refractivity contribution in [1.29, 1.82) is 5.26 Å². The number of nitriles is 1. The summed E-state index contributed by atoms with van der Waals surface area (Å²) >= 11 is 14.0. The number of hydrogen-bond donors (Lipinski definition) is 1. The Bertz CT molecular complexity index is 1000. The number of anilines is 1. The van der Waals surface area contributed by atoms with Crippen LogP contribution in [0.3, 0.4) is 0 Å². The van der Waals surface area contributed by atoms with Crippen molar-refractivity contribution in [3.63, 3.8) is 0 Å². The summed E-state index contributed by atoms with van der Waals surface area (Å²) in [7, 11) is 0. The number of benzene rings is 1. The first-order chi connectivity index (χ1) is 13.1. The first-order valence-corrected chi connectivity index (χ1v) is 10.5.